The molecule has 3 aromatic carbocycles. The van der Waals surface area contributed by atoms with Gasteiger partial charge < -0.3 is 24.3 Å². The van der Waals surface area contributed by atoms with Gasteiger partial charge in [0.2, 0.25) is 0 Å². The van der Waals surface area contributed by atoms with Crippen molar-refractivity contribution in [3.8, 4) is 0 Å². The topological polar surface area (TPSA) is 101 Å². The average molecular weight is 466 g/mol. The fourth-order valence-corrected chi connectivity index (χ4v) is 7.03. The molecule has 2 amide bonds. The minimum Gasteiger partial charge on any atom is -0.375 e. The van der Waals surface area contributed by atoms with Gasteiger partial charge in [-0.3, -0.25) is 14.9 Å². The minimum atomic E-state index is -0.946. The van der Waals surface area contributed by atoms with Gasteiger partial charge in [-0.05, 0) is 19.1 Å². The number of aromatic nitrogens is 2. The Bertz CT molecular complexity index is 1810. The maximum Gasteiger partial charge on any atom is 0.259 e. The summed E-state index contributed by atoms with van der Waals surface area (Å²) in [7, 11) is 1.66. The maximum absolute atomic E-state index is 13.3. The first-order chi connectivity index (χ1) is 17.0. The van der Waals surface area contributed by atoms with Crippen LogP contribution in [-0.2, 0) is 15.2 Å². The molecule has 0 unspecified atom stereocenters. The zero-order valence-corrected chi connectivity index (χ0v) is 19.2. The molecule has 8 nitrogen and oxygen atoms in total. The molecule has 0 radical (unpaired) electrons. The minimum absolute atomic E-state index is 0.290. The van der Waals surface area contributed by atoms with Crippen LogP contribution in [0.2, 0.25) is 0 Å². The Balaban J connectivity index is 1.77. The van der Waals surface area contributed by atoms with Crippen molar-refractivity contribution in [2.45, 2.75) is 37.4 Å². The highest BCUT2D eigenvalue weighted by atomic mass is 16.6. The second kappa shape index (κ2) is 6.09. The lowest BCUT2D eigenvalue weighted by molar-refractivity contribution is -0.252. The predicted molar refractivity (Wildman–Crippen MR) is 131 cm³/mol. The monoisotopic (exact) mass is 466 g/mol. The van der Waals surface area contributed by atoms with Crippen molar-refractivity contribution in [1.29, 1.82) is 0 Å². The predicted octanol–water partition coefficient (Wildman–Crippen LogP) is 3.73. The molecule has 2 aromatic heterocycles. The lowest BCUT2D eigenvalue weighted by atomic mass is 9.93. The molecule has 1 saturated heterocycles. The molecule has 5 aromatic rings. The number of hydrogen-bond donors (Lipinski definition) is 2. The van der Waals surface area contributed by atoms with E-state index < -0.39 is 11.8 Å². The summed E-state index contributed by atoms with van der Waals surface area (Å²) in [5, 5.41) is 5.90. The summed E-state index contributed by atoms with van der Waals surface area (Å²) >= 11 is 0. The van der Waals surface area contributed by atoms with Crippen LogP contribution in [0.1, 0.15) is 40.3 Å². The molecule has 8 heteroatoms. The number of fused-ring (bicyclic) bond motifs is 13. The molecular formula is C27H22N4O4. The number of nitrogens with one attached hydrogen (secondary N) is 1. The van der Waals surface area contributed by atoms with E-state index in [0.717, 1.165) is 43.6 Å². The van der Waals surface area contributed by atoms with Gasteiger partial charge in [0.05, 0.1) is 33.2 Å². The summed E-state index contributed by atoms with van der Waals surface area (Å²) in [6.45, 7) is 2.01. The molecule has 3 aliphatic rings. The lowest BCUT2D eigenvalue weighted by Gasteiger charge is -2.47. The Labute approximate surface area is 199 Å². The highest BCUT2D eigenvalue weighted by Crippen LogP contribution is 2.53. The zero-order chi connectivity index (χ0) is 23.8. The smallest absolute Gasteiger partial charge is 0.259 e. The number of ether oxygens (including phenoxy) is 2. The molecule has 174 valence electrons. The third-order valence-corrected chi connectivity index (χ3v) is 8.19. The number of nitrogens with two attached hydrogens (primary N) is 1. The van der Waals surface area contributed by atoms with E-state index in [2.05, 4.69) is 14.5 Å². The first kappa shape index (κ1) is 19.6. The Hall–Kier alpha value is -3.72. The van der Waals surface area contributed by atoms with Crippen LogP contribution in [-0.4, -0.2) is 40.2 Å². The molecular weight excluding hydrogens is 444 g/mol. The van der Waals surface area contributed by atoms with Gasteiger partial charge in [0, 0.05) is 41.1 Å². The number of amides is 2. The second-order valence-electron chi connectivity index (χ2n) is 9.90. The highest BCUT2D eigenvalue weighted by molar-refractivity contribution is 6.39. The van der Waals surface area contributed by atoms with E-state index in [-0.39, 0.29) is 24.1 Å². The first-order valence-corrected chi connectivity index (χ1v) is 11.8. The average Bonchev–Trinajstić information content (AvgIpc) is 3.44. The van der Waals surface area contributed by atoms with Crippen molar-refractivity contribution in [3.05, 3.63) is 59.7 Å². The van der Waals surface area contributed by atoms with Gasteiger partial charge in [-0.1, -0.05) is 36.4 Å². The standard InChI is InChI=1S/C27H22N4O4/c1-27-24(34-2)14(28)11-17(35-27)30-15-9-5-3-7-12(15)18-20-21(26(33)29-25(20)32)19-13-8-4-6-10-16(13)31(27)23(19)22(18)30/h3-10,14,17,24H,11,28H2,1-2H3,(H,29,32,33)/t14-,17-,24-,27+/m1/s1. The van der Waals surface area contributed by atoms with E-state index in [1.54, 1.807) is 7.11 Å². The van der Waals surface area contributed by atoms with Gasteiger partial charge in [0.1, 0.15) is 12.3 Å². The van der Waals surface area contributed by atoms with Crippen LogP contribution in [0.25, 0.3) is 43.6 Å². The number of rotatable bonds is 1. The van der Waals surface area contributed by atoms with Gasteiger partial charge in [-0.15, -0.1) is 0 Å². The van der Waals surface area contributed by atoms with Gasteiger partial charge in [-0.25, -0.2) is 0 Å². The SMILES string of the molecule is CO[C@@H]1[C@H](N)C[C@H]2O[C@]1(C)n1c3ccccc3c3c4c(c5c6ccccc6n2c5c31)C(=O)NC4=O. The van der Waals surface area contributed by atoms with Crippen molar-refractivity contribution in [2.75, 3.05) is 7.11 Å². The molecule has 0 aliphatic carbocycles. The largest absolute Gasteiger partial charge is 0.375 e. The normalized spacial score (nSPS) is 27.3. The third-order valence-electron chi connectivity index (χ3n) is 8.19. The van der Waals surface area contributed by atoms with Crippen LogP contribution in [0.4, 0.5) is 0 Å². The Kier molecular flexibility index (Phi) is 3.41. The summed E-state index contributed by atoms with van der Waals surface area (Å²) in [5.41, 5.74) is 10.3. The van der Waals surface area contributed by atoms with Gasteiger partial charge >= 0.3 is 0 Å². The zero-order valence-electron chi connectivity index (χ0n) is 19.2. The van der Waals surface area contributed by atoms with Crippen LogP contribution in [0.3, 0.4) is 0 Å². The van der Waals surface area contributed by atoms with E-state index >= 15 is 0 Å². The van der Waals surface area contributed by atoms with E-state index in [1.165, 1.54) is 0 Å². The molecule has 5 heterocycles. The summed E-state index contributed by atoms with van der Waals surface area (Å²) in [6.07, 6.45) is -0.245. The Morgan fingerprint density at radius 1 is 0.971 bits per heavy atom. The summed E-state index contributed by atoms with van der Waals surface area (Å²) in [5.74, 6) is -0.734. The summed E-state index contributed by atoms with van der Waals surface area (Å²) in [4.78, 5) is 26.5. The Morgan fingerprint density at radius 3 is 2.26 bits per heavy atom. The van der Waals surface area contributed by atoms with Crippen LogP contribution in [0.5, 0.6) is 0 Å². The van der Waals surface area contributed by atoms with Gasteiger partial charge in [0.25, 0.3) is 11.8 Å². The lowest BCUT2D eigenvalue weighted by Crippen LogP contribution is -2.59. The van der Waals surface area contributed by atoms with E-state index in [9.17, 15) is 9.59 Å². The van der Waals surface area contributed by atoms with E-state index in [1.807, 2.05) is 55.5 Å². The van der Waals surface area contributed by atoms with Crippen LogP contribution in [0.15, 0.2) is 48.5 Å². The summed E-state index contributed by atoms with van der Waals surface area (Å²) in [6, 6.07) is 15.6. The number of carbonyl (C=O) groups is 2. The fourth-order valence-electron chi connectivity index (χ4n) is 7.03. The van der Waals surface area contributed by atoms with Crippen molar-refractivity contribution >= 4 is 55.4 Å². The van der Waals surface area contributed by atoms with Crippen LogP contribution in [0, 0.1) is 0 Å². The van der Waals surface area contributed by atoms with E-state index in [0.29, 0.717) is 17.5 Å². The highest BCUT2D eigenvalue weighted by Gasteiger charge is 2.52. The van der Waals surface area contributed by atoms with Crippen molar-refractivity contribution in [1.82, 2.24) is 14.5 Å². The number of carbonyl (C=O) groups excluding carboxylic acids is 2. The third kappa shape index (κ3) is 2.03. The summed E-state index contributed by atoms with van der Waals surface area (Å²) < 4.78 is 17.2. The van der Waals surface area contributed by atoms with Crippen LogP contribution >= 0.6 is 0 Å². The second-order valence-corrected chi connectivity index (χ2v) is 9.90. The van der Waals surface area contributed by atoms with Gasteiger partial charge in [0.15, 0.2) is 5.72 Å². The number of para-hydroxylation sites is 2. The van der Waals surface area contributed by atoms with Crippen molar-refractivity contribution in [2.24, 2.45) is 5.73 Å². The maximum atomic E-state index is 13.3. The molecule has 35 heavy (non-hydrogen) atoms. The van der Waals surface area contributed by atoms with Crippen molar-refractivity contribution in [3.63, 3.8) is 0 Å². The molecule has 2 bridgehead atoms. The Morgan fingerprint density at radius 2 is 1.57 bits per heavy atom. The van der Waals surface area contributed by atoms with Crippen molar-refractivity contribution < 1.29 is 19.1 Å². The molecule has 0 spiro atoms. The number of imide groups is 1. The first-order valence-electron chi connectivity index (χ1n) is 11.8. The number of hydrogen-bond acceptors (Lipinski definition) is 5. The molecule has 1 fully saturated rings. The molecule has 0 saturated carbocycles. The number of nitrogens with zero attached hydrogens (tertiary/aromatic N) is 2. The van der Waals surface area contributed by atoms with Crippen LogP contribution < -0.4 is 11.1 Å². The van der Waals surface area contributed by atoms with E-state index in [4.69, 9.17) is 15.2 Å². The number of benzene rings is 3. The molecule has 4 atom stereocenters. The molecule has 8 rings (SSSR count). The van der Waals surface area contributed by atoms with Gasteiger partial charge in [-0.2, -0.15) is 0 Å². The quantitative estimate of drug-likeness (QED) is 0.367. The molecule has 3 N–H and O–H groups in total. The molecule has 3 aliphatic heterocycles. The fraction of sp³-hybridized carbons (Fsp3) is 0.259. The number of methoxy groups -OCH3 is 1.